The van der Waals surface area contributed by atoms with E-state index >= 15 is 0 Å². The van der Waals surface area contributed by atoms with Crippen LogP contribution in [-0.2, 0) is 9.53 Å². The standard InChI is InChI=1S/C14H16N2O2S/c1-9-5-4-6-11-12(9)15-8-16-13(11)19-7-10(2)14(17)18-3/h4-6,8,10H,7H2,1-3H3/t10-/m1/s1. The Morgan fingerprint density at radius 2 is 2.21 bits per heavy atom. The maximum atomic E-state index is 11.4. The second-order valence-corrected chi connectivity index (χ2v) is 5.39. The van der Waals surface area contributed by atoms with Crippen molar-refractivity contribution in [1.82, 2.24) is 9.97 Å². The number of fused-ring (bicyclic) bond motifs is 1. The summed E-state index contributed by atoms with van der Waals surface area (Å²) >= 11 is 1.56. The van der Waals surface area contributed by atoms with Crippen LogP contribution in [0.25, 0.3) is 10.9 Å². The van der Waals surface area contributed by atoms with Crippen LogP contribution in [-0.4, -0.2) is 28.8 Å². The van der Waals surface area contributed by atoms with Crippen molar-refractivity contribution >= 4 is 28.6 Å². The van der Waals surface area contributed by atoms with Crippen molar-refractivity contribution in [3.63, 3.8) is 0 Å². The number of carbonyl (C=O) groups excluding carboxylic acids is 1. The van der Waals surface area contributed by atoms with E-state index in [1.807, 2.05) is 32.0 Å². The number of methoxy groups -OCH3 is 1. The van der Waals surface area contributed by atoms with Gasteiger partial charge in [0.15, 0.2) is 0 Å². The molecule has 0 N–H and O–H groups in total. The van der Waals surface area contributed by atoms with Crippen LogP contribution in [0.4, 0.5) is 0 Å². The average Bonchev–Trinajstić information content (AvgIpc) is 2.44. The molecule has 0 fully saturated rings. The number of hydrogen-bond donors (Lipinski definition) is 0. The molecule has 0 saturated carbocycles. The fourth-order valence-electron chi connectivity index (χ4n) is 1.80. The first-order chi connectivity index (χ1) is 9.13. The highest BCUT2D eigenvalue weighted by molar-refractivity contribution is 7.99. The van der Waals surface area contributed by atoms with Crippen molar-refractivity contribution in [2.75, 3.05) is 12.9 Å². The summed E-state index contributed by atoms with van der Waals surface area (Å²) in [5.41, 5.74) is 2.09. The summed E-state index contributed by atoms with van der Waals surface area (Å²) in [5.74, 6) is 0.305. The zero-order valence-electron chi connectivity index (χ0n) is 11.2. The summed E-state index contributed by atoms with van der Waals surface area (Å²) in [6.07, 6.45) is 1.57. The van der Waals surface area contributed by atoms with Gasteiger partial charge in [-0.2, -0.15) is 0 Å². The fraction of sp³-hybridized carbons (Fsp3) is 0.357. The molecule has 5 heteroatoms. The Balaban J connectivity index is 2.22. The molecule has 0 unspecified atom stereocenters. The van der Waals surface area contributed by atoms with E-state index in [9.17, 15) is 4.79 Å². The SMILES string of the molecule is COC(=O)[C@H](C)CSc1ncnc2c(C)cccc12. The molecule has 4 nitrogen and oxygen atoms in total. The number of carbonyl (C=O) groups is 1. The van der Waals surface area contributed by atoms with Crippen LogP contribution in [0.5, 0.6) is 0 Å². The molecule has 0 amide bonds. The van der Waals surface area contributed by atoms with Gasteiger partial charge in [-0.05, 0) is 12.5 Å². The molecular weight excluding hydrogens is 260 g/mol. The molecule has 0 saturated heterocycles. The van der Waals surface area contributed by atoms with Gasteiger partial charge < -0.3 is 4.74 Å². The maximum absolute atomic E-state index is 11.4. The molecule has 1 aromatic carbocycles. The fourth-order valence-corrected chi connectivity index (χ4v) is 2.79. The van der Waals surface area contributed by atoms with E-state index < -0.39 is 0 Å². The number of aromatic nitrogens is 2. The first kappa shape index (κ1) is 13.8. The van der Waals surface area contributed by atoms with Gasteiger partial charge in [-0.1, -0.05) is 25.1 Å². The highest BCUT2D eigenvalue weighted by Gasteiger charge is 2.15. The van der Waals surface area contributed by atoms with Gasteiger partial charge in [-0.15, -0.1) is 11.8 Å². The Bertz CT molecular complexity index is 601. The Labute approximate surface area is 116 Å². The van der Waals surface area contributed by atoms with Gasteiger partial charge in [0, 0.05) is 11.1 Å². The summed E-state index contributed by atoms with van der Waals surface area (Å²) in [7, 11) is 1.41. The minimum absolute atomic E-state index is 0.148. The molecule has 1 atom stereocenters. The minimum Gasteiger partial charge on any atom is -0.469 e. The molecule has 0 bridgehead atoms. The van der Waals surface area contributed by atoms with E-state index in [4.69, 9.17) is 4.74 Å². The van der Waals surface area contributed by atoms with Gasteiger partial charge >= 0.3 is 5.97 Å². The zero-order chi connectivity index (χ0) is 13.8. The van der Waals surface area contributed by atoms with Crippen molar-refractivity contribution in [3.05, 3.63) is 30.1 Å². The van der Waals surface area contributed by atoms with Crippen LogP contribution in [0.15, 0.2) is 29.6 Å². The van der Waals surface area contributed by atoms with E-state index in [0.29, 0.717) is 5.75 Å². The molecule has 0 aliphatic rings. The smallest absolute Gasteiger partial charge is 0.309 e. The number of esters is 1. The van der Waals surface area contributed by atoms with Crippen LogP contribution in [0.3, 0.4) is 0 Å². The number of thioether (sulfide) groups is 1. The second-order valence-electron chi connectivity index (χ2n) is 4.39. The minimum atomic E-state index is -0.193. The monoisotopic (exact) mass is 276 g/mol. The van der Waals surface area contributed by atoms with Crippen molar-refractivity contribution in [3.8, 4) is 0 Å². The number of hydrogen-bond acceptors (Lipinski definition) is 5. The summed E-state index contributed by atoms with van der Waals surface area (Å²) in [6, 6.07) is 6.03. The van der Waals surface area contributed by atoms with Gasteiger partial charge in [-0.3, -0.25) is 4.79 Å². The summed E-state index contributed by atoms with van der Waals surface area (Å²) in [6.45, 7) is 3.88. The molecule has 2 rings (SSSR count). The van der Waals surface area contributed by atoms with Gasteiger partial charge in [-0.25, -0.2) is 9.97 Å². The van der Waals surface area contributed by atoms with Crippen LogP contribution in [0, 0.1) is 12.8 Å². The summed E-state index contributed by atoms with van der Waals surface area (Å²) < 4.78 is 4.72. The molecule has 0 radical (unpaired) electrons. The molecular formula is C14H16N2O2S. The molecule has 1 aromatic heterocycles. The van der Waals surface area contributed by atoms with Crippen LogP contribution >= 0.6 is 11.8 Å². The van der Waals surface area contributed by atoms with Gasteiger partial charge in [0.25, 0.3) is 0 Å². The van der Waals surface area contributed by atoms with Crippen LogP contribution in [0.2, 0.25) is 0 Å². The number of benzene rings is 1. The first-order valence-electron chi connectivity index (χ1n) is 6.04. The Morgan fingerprint density at radius 3 is 2.95 bits per heavy atom. The molecule has 0 aliphatic carbocycles. The second kappa shape index (κ2) is 6.02. The summed E-state index contributed by atoms with van der Waals surface area (Å²) in [5, 5.41) is 1.94. The number of para-hydroxylation sites is 1. The lowest BCUT2D eigenvalue weighted by Crippen LogP contribution is -2.14. The van der Waals surface area contributed by atoms with E-state index in [-0.39, 0.29) is 11.9 Å². The molecule has 1 heterocycles. The number of nitrogens with zero attached hydrogens (tertiary/aromatic N) is 2. The predicted molar refractivity (Wildman–Crippen MR) is 76.2 cm³/mol. The van der Waals surface area contributed by atoms with Gasteiger partial charge in [0.2, 0.25) is 0 Å². The van der Waals surface area contributed by atoms with E-state index in [0.717, 1.165) is 21.5 Å². The van der Waals surface area contributed by atoms with Gasteiger partial charge in [0.1, 0.15) is 11.4 Å². The third-order valence-corrected chi connectivity index (χ3v) is 4.17. The lowest BCUT2D eigenvalue weighted by Gasteiger charge is -2.09. The third-order valence-electron chi connectivity index (χ3n) is 2.90. The number of rotatable bonds is 4. The normalized spacial score (nSPS) is 12.4. The molecule has 0 spiro atoms. The van der Waals surface area contributed by atoms with E-state index in [2.05, 4.69) is 9.97 Å². The lowest BCUT2D eigenvalue weighted by atomic mass is 10.1. The van der Waals surface area contributed by atoms with Gasteiger partial charge in [0.05, 0.1) is 18.5 Å². The topological polar surface area (TPSA) is 52.1 Å². The number of aryl methyl sites for hydroxylation is 1. The predicted octanol–water partition coefficient (Wildman–Crippen LogP) is 2.84. The Hall–Kier alpha value is -1.62. The van der Waals surface area contributed by atoms with Crippen LogP contribution in [0.1, 0.15) is 12.5 Å². The molecule has 19 heavy (non-hydrogen) atoms. The Kier molecular flexibility index (Phi) is 4.37. The van der Waals surface area contributed by atoms with E-state index in [1.165, 1.54) is 7.11 Å². The van der Waals surface area contributed by atoms with Crippen LogP contribution < -0.4 is 0 Å². The average molecular weight is 276 g/mol. The quantitative estimate of drug-likeness (QED) is 0.488. The van der Waals surface area contributed by atoms with Crippen molar-refractivity contribution in [2.45, 2.75) is 18.9 Å². The molecule has 0 aliphatic heterocycles. The first-order valence-corrected chi connectivity index (χ1v) is 7.03. The maximum Gasteiger partial charge on any atom is 0.309 e. The van der Waals surface area contributed by atoms with Crippen molar-refractivity contribution < 1.29 is 9.53 Å². The summed E-state index contributed by atoms with van der Waals surface area (Å²) in [4.78, 5) is 20.0. The van der Waals surface area contributed by atoms with Crippen molar-refractivity contribution in [2.24, 2.45) is 5.92 Å². The largest absolute Gasteiger partial charge is 0.469 e. The highest BCUT2D eigenvalue weighted by atomic mass is 32.2. The zero-order valence-corrected chi connectivity index (χ0v) is 12.0. The molecule has 100 valence electrons. The third kappa shape index (κ3) is 3.04. The lowest BCUT2D eigenvalue weighted by molar-refractivity contribution is -0.143. The highest BCUT2D eigenvalue weighted by Crippen LogP contribution is 2.27. The van der Waals surface area contributed by atoms with Crippen molar-refractivity contribution in [1.29, 1.82) is 0 Å². The number of ether oxygens (including phenoxy) is 1. The van der Waals surface area contributed by atoms with E-state index in [1.54, 1.807) is 18.1 Å². The molecule has 2 aromatic rings. The Morgan fingerprint density at radius 1 is 1.42 bits per heavy atom.